The van der Waals surface area contributed by atoms with Crippen LogP contribution in [0.3, 0.4) is 0 Å². The van der Waals surface area contributed by atoms with Gasteiger partial charge in [-0.1, -0.05) is 13.8 Å². The first-order valence-electron chi connectivity index (χ1n) is 5.19. The van der Waals surface area contributed by atoms with Crippen LogP contribution in [-0.2, 0) is 14.3 Å². The molecule has 0 heterocycles. The van der Waals surface area contributed by atoms with E-state index in [9.17, 15) is 9.59 Å². The highest BCUT2D eigenvalue weighted by molar-refractivity contribution is 5.78. The third kappa shape index (κ3) is 6.94. The SMILES string of the molecule is CC(C)C[C@H](NC=O)C(=O)OC(C)(C)C. The Morgan fingerprint density at radius 3 is 2.27 bits per heavy atom. The fourth-order valence-corrected chi connectivity index (χ4v) is 1.16. The lowest BCUT2D eigenvalue weighted by Crippen LogP contribution is -2.41. The van der Waals surface area contributed by atoms with Gasteiger partial charge in [-0.2, -0.15) is 0 Å². The minimum Gasteiger partial charge on any atom is -0.458 e. The van der Waals surface area contributed by atoms with Crippen LogP contribution in [0.4, 0.5) is 0 Å². The summed E-state index contributed by atoms with van der Waals surface area (Å²) in [7, 11) is 0. The molecule has 0 unspecified atom stereocenters. The van der Waals surface area contributed by atoms with Crippen molar-refractivity contribution in [3.8, 4) is 0 Å². The van der Waals surface area contributed by atoms with Crippen molar-refractivity contribution in [2.45, 2.75) is 52.7 Å². The zero-order chi connectivity index (χ0) is 12.1. The Morgan fingerprint density at radius 1 is 1.40 bits per heavy atom. The van der Waals surface area contributed by atoms with Crippen molar-refractivity contribution >= 4 is 12.4 Å². The summed E-state index contributed by atoms with van der Waals surface area (Å²) in [5.41, 5.74) is -0.517. The van der Waals surface area contributed by atoms with E-state index in [1.807, 2.05) is 13.8 Å². The molecule has 0 saturated carbocycles. The number of carbonyl (C=O) groups excluding carboxylic acids is 2. The summed E-state index contributed by atoms with van der Waals surface area (Å²) >= 11 is 0. The molecule has 4 heteroatoms. The smallest absolute Gasteiger partial charge is 0.329 e. The molecular weight excluding hydrogens is 194 g/mol. The zero-order valence-corrected chi connectivity index (χ0v) is 10.2. The number of hydrogen-bond donors (Lipinski definition) is 1. The lowest BCUT2D eigenvalue weighted by Gasteiger charge is -2.24. The average molecular weight is 215 g/mol. The van der Waals surface area contributed by atoms with E-state index in [-0.39, 0.29) is 5.97 Å². The van der Waals surface area contributed by atoms with Crippen LogP contribution in [0.1, 0.15) is 41.0 Å². The van der Waals surface area contributed by atoms with E-state index in [0.29, 0.717) is 18.7 Å². The minimum absolute atomic E-state index is 0.329. The van der Waals surface area contributed by atoms with Gasteiger partial charge in [-0.3, -0.25) is 4.79 Å². The van der Waals surface area contributed by atoms with Crippen molar-refractivity contribution in [1.82, 2.24) is 5.32 Å². The molecule has 0 aromatic heterocycles. The van der Waals surface area contributed by atoms with Crippen LogP contribution < -0.4 is 5.32 Å². The molecule has 0 aliphatic heterocycles. The third-order valence-electron chi connectivity index (χ3n) is 1.67. The van der Waals surface area contributed by atoms with Gasteiger partial charge in [0.2, 0.25) is 6.41 Å². The standard InChI is InChI=1S/C11H21NO3/c1-8(2)6-9(12-7-13)10(14)15-11(3,4)5/h7-9H,6H2,1-5H3,(H,12,13)/t9-/m0/s1. The molecule has 15 heavy (non-hydrogen) atoms. The predicted molar refractivity (Wildman–Crippen MR) is 58.3 cm³/mol. The maximum atomic E-state index is 11.6. The van der Waals surface area contributed by atoms with Crippen molar-refractivity contribution in [2.24, 2.45) is 5.92 Å². The summed E-state index contributed by atoms with van der Waals surface area (Å²) in [6.45, 7) is 9.39. The van der Waals surface area contributed by atoms with Gasteiger partial charge < -0.3 is 10.1 Å². The Labute approximate surface area is 91.4 Å². The van der Waals surface area contributed by atoms with Crippen molar-refractivity contribution in [2.75, 3.05) is 0 Å². The molecule has 88 valence electrons. The monoisotopic (exact) mass is 215 g/mol. The molecular formula is C11H21NO3. The van der Waals surface area contributed by atoms with Gasteiger partial charge in [0.05, 0.1) is 0 Å². The van der Waals surface area contributed by atoms with E-state index in [0.717, 1.165) is 0 Å². The fraction of sp³-hybridized carbons (Fsp3) is 0.818. The number of carbonyl (C=O) groups is 2. The van der Waals surface area contributed by atoms with E-state index >= 15 is 0 Å². The normalized spacial score (nSPS) is 13.5. The molecule has 0 radical (unpaired) electrons. The largest absolute Gasteiger partial charge is 0.458 e. The second-order valence-electron chi connectivity index (χ2n) is 5.00. The first kappa shape index (κ1) is 13.9. The minimum atomic E-state index is -0.540. The molecule has 4 nitrogen and oxygen atoms in total. The van der Waals surface area contributed by atoms with Gasteiger partial charge in [0.25, 0.3) is 0 Å². The first-order chi connectivity index (χ1) is 6.76. The molecule has 1 amide bonds. The molecule has 0 bridgehead atoms. The van der Waals surface area contributed by atoms with Crippen LogP contribution in [-0.4, -0.2) is 24.0 Å². The second-order valence-corrected chi connectivity index (χ2v) is 5.00. The van der Waals surface area contributed by atoms with Crippen LogP contribution in [0.25, 0.3) is 0 Å². The topological polar surface area (TPSA) is 55.4 Å². The molecule has 0 spiro atoms. The number of hydrogen-bond acceptors (Lipinski definition) is 3. The summed E-state index contributed by atoms with van der Waals surface area (Å²) in [5.74, 6) is -0.0433. The Balaban J connectivity index is 4.35. The highest BCUT2D eigenvalue weighted by atomic mass is 16.6. The number of rotatable bonds is 5. The summed E-state index contributed by atoms with van der Waals surface area (Å²) in [4.78, 5) is 22.0. The van der Waals surface area contributed by atoms with Gasteiger partial charge in [-0.05, 0) is 33.1 Å². The van der Waals surface area contributed by atoms with Gasteiger partial charge >= 0.3 is 5.97 Å². The lowest BCUT2D eigenvalue weighted by atomic mass is 10.0. The highest BCUT2D eigenvalue weighted by Crippen LogP contribution is 2.12. The molecule has 0 fully saturated rings. The van der Waals surface area contributed by atoms with Crippen LogP contribution in [0, 0.1) is 5.92 Å². The number of esters is 1. The molecule has 0 aromatic rings. The van der Waals surface area contributed by atoms with Crippen LogP contribution in [0.2, 0.25) is 0 Å². The third-order valence-corrected chi connectivity index (χ3v) is 1.67. The van der Waals surface area contributed by atoms with Gasteiger partial charge in [0.1, 0.15) is 11.6 Å². The van der Waals surface area contributed by atoms with Crippen LogP contribution in [0.5, 0.6) is 0 Å². The summed E-state index contributed by atoms with van der Waals surface area (Å²) < 4.78 is 5.19. The van der Waals surface area contributed by atoms with Crippen molar-refractivity contribution < 1.29 is 14.3 Å². The summed E-state index contributed by atoms with van der Waals surface area (Å²) in [6, 6.07) is -0.540. The van der Waals surface area contributed by atoms with Gasteiger partial charge in [0, 0.05) is 0 Å². The van der Waals surface area contributed by atoms with Crippen molar-refractivity contribution in [3.05, 3.63) is 0 Å². The fourth-order valence-electron chi connectivity index (χ4n) is 1.16. The Bertz CT molecular complexity index is 218. The van der Waals surface area contributed by atoms with Crippen LogP contribution >= 0.6 is 0 Å². The average Bonchev–Trinajstić information content (AvgIpc) is 1.99. The molecule has 0 aliphatic carbocycles. The van der Waals surface area contributed by atoms with E-state index in [1.54, 1.807) is 20.8 Å². The number of ether oxygens (including phenoxy) is 1. The molecule has 1 atom stereocenters. The zero-order valence-electron chi connectivity index (χ0n) is 10.2. The molecule has 0 rings (SSSR count). The van der Waals surface area contributed by atoms with E-state index in [1.165, 1.54) is 0 Å². The van der Waals surface area contributed by atoms with Crippen molar-refractivity contribution in [3.63, 3.8) is 0 Å². The molecule has 0 aromatic carbocycles. The Morgan fingerprint density at radius 2 is 1.93 bits per heavy atom. The van der Waals surface area contributed by atoms with Crippen LogP contribution in [0.15, 0.2) is 0 Å². The van der Waals surface area contributed by atoms with Gasteiger partial charge in [-0.25, -0.2) is 4.79 Å². The van der Waals surface area contributed by atoms with Gasteiger partial charge in [0.15, 0.2) is 0 Å². The summed E-state index contributed by atoms with van der Waals surface area (Å²) in [5, 5.41) is 2.48. The Kier molecular flexibility index (Phi) is 5.33. The van der Waals surface area contributed by atoms with Crippen molar-refractivity contribution in [1.29, 1.82) is 0 Å². The molecule has 0 saturated heterocycles. The summed E-state index contributed by atoms with van der Waals surface area (Å²) in [6.07, 6.45) is 1.13. The highest BCUT2D eigenvalue weighted by Gasteiger charge is 2.25. The lowest BCUT2D eigenvalue weighted by molar-refractivity contribution is -0.158. The first-order valence-corrected chi connectivity index (χ1v) is 5.19. The molecule has 1 N–H and O–H groups in total. The maximum Gasteiger partial charge on any atom is 0.329 e. The van der Waals surface area contributed by atoms with Gasteiger partial charge in [-0.15, -0.1) is 0 Å². The quantitative estimate of drug-likeness (QED) is 0.558. The molecule has 0 aliphatic rings. The van der Waals surface area contributed by atoms with E-state index in [2.05, 4.69) is 5.32 Å². The maximum absolute atomic E-state index is 11.6. The number of amides is 1. The van der Waals surface area contributed by atoms with E-state index in [4.69, 9.17) is 4.74 Å². The number of nitrogens with one attached hydrogen (secondary N) is 1. The Hall–Kier alpha value is -1.06. The van der Waals surface area contributed by atoms with E-state index < -0.39 is 11.6 Å². The predicted octanol–water partition coefficient (Wildman–Crippen LogP) is 1.49. The second kappa shape index (κ2) is 5.73.